The lowest BCUT2D eigenvalue weighted by Gasteiger charge is -2.37. The number of nitrogens with zero attached hydrogens (tertiary/aromatic N) is 1. The maximum Gasteiger partial charge on any atom is 0.243 e. The van der Waals surface area contributed by atoms with Crippen molar-refractivity contribution in [2.75, 3.05) is 13.2 Å². The third-order valence-corrected chi connectivity index (χ3v) is 8.68. The van der Waals surface area contributed by atoms with E-state index < -0.39 is 21.4 Å². The molecule has 180 valence electrons. The van der Waals surface area contributed by atoms with Crippen molar-refractivity contribution >= 4 is 22.0 Å². The van der Waals surface area contributed by atoms with Crippen LogP contribution in [0.1, 0.15) is 83.1 Å². The number of aromatic nitrogens is 1. The van der Waals surface area contributed by atoms with E-state index in [1.165, 1.54) is 6.08 Å². The first-order valence-electron chi connectivity index (χ1n) is 11.8. The molecule has 1 saturated carbocycles. The molecule has 2 rings (SSSR count). The molecule has 1 aliphatic rings. The van der Waals surface area contributed by atoms with E-state index in [1.54, 1.807) is 18.5 Å². The third kappa shape index (κ3) is 8.62. The van der Waals surface area contributed by atoms with Crippen LogP contribution in [0, 0.1) is 0 Å². The molecule has 0 aliphatic heterocycles. The molecule has 1 aromatic rings. The predicted octanol–water partition coefficient (Wildman–Crippen LogP) is 4.53. The summed E-state index contributed by atoms with van der Waals surface area (Å²) in [5.74, 6) is -0.123. The average molecular weight is 468 g/mol. The lowest BCUT2D eigenvalue weighted by molar-refractivity contribution is -0.116. The summed E-state index contributed by atoms with van der Waals surface area (Å²) >= 11 is 0. The highest BCUT2D eigenvalue weighted by Gasteiger charge is 2.44. The SMILES string of the molecule is CC(CCCCCCNC(=O)/C=C/c1cccnc1)NS(=O)(=O)C1(CCF)CCCCC1. The summed E-state index contributed by atoms with van der Waals surface area (Å²) in [5.41, 5.74) is 0.881. The molecule has 1 aliphatic carbocycles. The highest BCUT2D eigenvalue weighted by atomic mass is 32.2. The van der Waals surface area contributed by atoms with Gasteiger partial charge >= 0.3 is 0 Å². The molecule has 1 atom stereocenters. The van der Waals surface area contributed by atoms with Gasteiger partial charge in [0.1, 0.15) is 0 Å². The van der Waals surface area contributed by atoms with E-state index in [2.05, 4.69) is 15.0 Å². The molecular formula is C24H38FN3O3S. The van der Waals surface area contributed by atoms with Gasteiger partial charge in [0.25, 0.3) is 0 Å². The molecule has 2 N–H and O–H groups in total. The van der Waals surface area contributed by atoms with Crippen molar-refractivity contribution in [2.24, 2.45) is 0 Å². The lowest BCUT2D eigenvalue weighted by Crippen LogP contribution is -2.50. The normalized spacial score (nSPS) is 17.3. The Kier molecular flexibility index (Phi) is 11.3. The molecule has 0 radical (unpaired) electrons. The van der Waals surface area contributed by atoms with Crippen LogP contribution in [-0.4, -0.2) is 43.3 Å². The lowest BCUT2D eigenvalue weighted by atomic mass is 9.86. The average Bonchev–Trinajstić information content (AvgIpc) is 2.78. The second-order valence-corrected chi connectivity index (χ2v) is 10.9. The maximum atomic E-state index is 13.1. The Bertz CT molecular complexity index is 804. The molecule has 1 amide bonds. The number of halogens is 1. The van der Waals surface area contributed by atoms with Crippen LogP contribution < -0.4 is 10.0 Å². The summed E-state index contributed by atoms with van der Waals surface area (Å²) in [6.45, 7) is 1.91. The maximum absolute atomic E-state index is 13.1. The van der Waals surface area contributed by atoms with E-state index in [1.807, 2.05) is 19.1 Å². The van der Waals surface area contributed by atoms with Gasteiger partial charge in [-0.1, -0.05) is 44.6 Å². The predicted molar refractivity (Wildman–Crippen MR) is 127 cm³/mol. The minimum atomic E-state index is -3.54. The minimum absolute atomic E-state index is 0.0954. The number of carbonyl (C=O) groups excluding carboxylic acids is 1. The van der Waals surface area contributed by atoms with E-state index in [0.717, 1.165) is 56.9 Å². The van der Waals surface area contributed by atoms with Crippen LogP contribution in [-0.2, 0) is 14.8 Å². The Morgan fingerprint density at radius 2 is 1.97 bits per heavy atom. The summed E-state index contributed by atoms with van der Waals surface area (Å²) < 4.78 is 40.9. The van der Waals surface area contributed by atoms with Gasteiger partial charge in [0, 0.05) is 31.1 Å². The van der Waals surface area contributed by atoms with E-state index >= 15 is 0 Å². The number of carbonyl (C=O) groups is 1. The second kappa shape index (κ2) is 13.7. The smallest absolute Gasteiger partial charge is 0.243 e. The molecule has 0 bridgehead atoms. The summed E-state index contributed by atoms with van der Waals surface area (Å²) in [6.07, 6.45) is 15.1. The summed E-state index contributed by atoms with van der Waals surface area (Å²) in [6, 6.07) is 3.55. The standard InChI is InChI=1S/C24H38FN3O3S/c1-21(28-32(30,31)24(16-17-25)14-6-4-7-15-24)10-5-2-3-8-19-27-23(29)13-12-22-11-9-18-26-20-22/h9,11-13,18,20-21,28H,2-8,10,14-17,19H2,1H3,(H,27,29)/b13-12+. The number of alkyl halides is 1. The van der Waals surface area contributed by atoms with Gasteiger partial charge in [-0.15, -0.1) is 0 Å². The van der Waals surface area contributed by atoms with Gasteiger partial charge in [0.2, 0.25) is 15.9 Å². The monoisotopic (exact) mass is 467 g/mol. The number of hydrogen-bond donors (Lipinski definition) is 2. The fourth-order valence-electron chi connectivity index (χ4n) is 4.32. The highest BCUT2D eigenvalue weighted by Crippen LogP contribution is 2.38. The minimum Gasteiger partial charge on any atom is -0.353 e. The Morgan fingerprint density at radius 3 is 2.66 bits per heavy atom. The zero-order valence-electron chi connectivity index (χ0n) is 19.2. The van der Waals surface area contributed by atoms with Crippen LogP contribution >= 0.6 is 0 Å². The second-order valence-electron chi connectivity index (χ2n) is 8.82. The van der Waals surface area contributed by atoms with Gasteiger partial charge in [0.15, 0.2) is 0 Å². The molecule has 0 spiro atoms. The molecule has 0 aromatic carbocycles. The first-order chi connectivity index (χ1) is 15.4. The van der Waals surface area contributed by atoms with Gasteiger partial charge in [0.05, 0.1) is 11.4 Å². The molecular weight excluding hydrogens is 429 g/mol. The number of pyridine rings is 1. The van der Waals surface area contributed by atoms with E-state index in [4.69, 9.17) is 0 Å². The zero-order valence-corrected chi connectivity index (χ0v) is 20.0. The van der Waals surface area contributed by atoms with Gasteiger partial charge in [-0.2, -0.15) is 0 Å². The van der Waals surface area contributed by atoms with Crippen LogP contribution in [0.2, 0.25) is 0 Å². The summed E-state index contributed by atoms with van der Waals surface area (Å²) in [5, 5.41) is 2.87. The van der Waals surface area contributed by atoms with Crippen molar-refractivity contribution in [3.05, 3.63) is 36.2 Å². The summed E-state index contributed by atoms with van der Waals surface area (Å²) in [4.78, 5) is 15.8. The first kappa shape index (κ1) is 26.5. The van der Waals surface area contributed by atoms with Crippen LogP contribution in [0.4, 0.5) is 4.39 Å². The summed E-state index contributed by atoms with van der Waals surface area (Å²) in [7, 11) is -3.54. The Labute approximate surface area is 192 Å². The molecule has 0 saturated heterocycles. The molecule has 1 unspecified atom stereocenters. The number of unbranched alkanes of at least 4 members (excludes halogenated alkanes) is 3. The van der Waals surface area contributed by atoms with Crippen molar-refractivity contribution in [3.8, 4) is 0 Å². The van der Waals surface area contributed by atoms with Gasteiger partial charge in [-0.25, -0.2) is 13.1 Å². The molecule has 8 heteroatoms. The quantitative estimate of drug-likeness (QED) is 0.311. The number of sulfonamides is 1. The van der Waals surface area contributed by atoms with Crippen molar-refractivity contribution in [1.29, 1.82) is 0 Å². The van der Waals surface area contributed by atoms with Crippen LogP contribution in [0.15, 0.2) is 30.6 Å². The molecule has 6 nitrogen and oxygen atoms in total. The number of amides is 1. The van der Waals surface area contributed by atoms with Gasteiger partial charge in [-0.3, -0.25) is 14.2 Å². The number of nitrogens with one attached hydrogen (secondary N) is 2. The Hall–Kier alpha value is -1.80. The fourth-order valence-corrected chi connectivity index (χ4v) is 6.39. The van der Waals surface area contributed by atoms with Gasteiger partial charge < -0.3 is 5.32 Å². The van der Waals surface area contributed by atoms with Crippen LogP contribution in [0.3, 0.4) is 0 Å². The van der Waals surface area contributed by atoms with Crippen molar-refractivity contribution < 1.29 is 17.6 Å². The topological polar surface area (TPSA) is 88.2 Å². The third-order valence-electron chi connectivity index (χ3n) is 6.22. The van der Waals surface area contributed by atoms with Gasteiger partial charge in [-0.05, 0) is 56.7 Å². The Balaban J connectivity index is 1.60. The van der Waals surface area contributed by atoms with Crippen molar-refractivity contribution in [3.63, 3.8) is 0 Å². The van der Waals surface area contributed by atoms with Crippen molar-refractivity contribution in [2.45, 2.75) is 88.3 Å². The highest BCUT2D eigenvalue weighted by molar-refractivity contribution is 7.90. The fraction of sp³-hybridized carbons (Fsp3) is 0.667. The van der Waals surface area contributed by atoms with Crippen LogP contribution in [0.25, 0.3) is 6.08 Å². The van der Waals surface area contributed by atoms with E-state index in [-0.39, 0.29) is 18.4 Å². The first-order valence-corrected chi connectivity index (χ1v) is 13.3. The zero-order chi connectivity index (χ0) is 23.3. The number of hydrogen-bond acceptors (Lipinski definition) is 4. The molecule has 1 fully saturated rings. The molecule has 1 heterocycles. The Morgan fingerprint density at radius 1 is 1.22 bits per heavy atom. The largest absolute Gasteiger partial charge is 0.353 e. The van der Waals surface area contributed by atoms with E-state index in [0.29, 0.717) is 19.4 Å². The molecule has 32 heavy (non-hydrogen) atoms. The van der Waals surface area contributed by atoms with Crippen molar-refractivity contribution in [1.82, 2.24) is 15.0 Å². The number of rotatable bonds is 14. The van der Waals surface area contributed by atoms with E-state index in [9.17, 15) is 17.6 Å². The van der Waals surface area contributed by atoms with Crippen LogP contribution in [0.5, 0.6) is 0 Å². The molecule has 1 aromatic heterocycles.